The van der Waals surface area contributed by atoms with Crippen molar-refractivity contribution >= 4 is 11.6 Å². The van der Waals surface area contributed by atoms with Crippen molar-refractivity contribution in [2.45, 2.75) is 136 Å². The van der Waals surface area contributed by atoms with Gasteiger partial charge in [0.25, 0.3) is 0 Å². The second kappa shape index (κ2) is 24.0. The summed E-state index contributed by atoms with van der Waals surface area (Å²) in [6, 6.07) is 7.91. The Bertz CT molecular complexity index is 588. The van der Waals surface area contributed by atoms with Gasteiger partial charge >= 0.3 is 0 Å². The van der Waals surface area contributed by atoms with Crippen molar-refractivity contribution in [1.29, 1.82) is 0 Å². The lowest BCUT2D eigenvalue weighted by Gasteiger charge is -2.10. The Labute approximate surface area is 217 Å². The molecule has 2 N–H and O–H groups in total. The first-order chi connectivity index (χ1) is 17.3. The molecule has 0 unspecified atom stereocenters. The molecule has 0 aliphatic rings. The van der Waals surface area contributed by atoms with Gasteiger partial charge in [-0.1, -0.05) is 123 Å². The zero-order chi connectivity index (χ0) is 25.2. The van der Waals surface area contributed by atoms with E-state index >= 15 is 0 Å². The Morgan fingerprint density at radius 2 is 1.09 bits per heavy atom. The summed E-state index contributed by atoms with van der Waals surface area (Å²) in [5.74, 6) is 0.959. The van der Waals surface area contributed by atoms with Crippen molar-refractivity contribution in [2.75, 3.05) is 25.0 Å². The van der Waals surface area contributed by atoms with Crippen LogP contribution in [0.2, 0.25) is 0 Å². The highest BCUT2D eigenvalue weighted by Crippen LogP contribution is 2.16. The first-order valence-electron chi connectivity index (χ1n) is 15.0. The molecule has 0 heterocycles. The van der Waals surface area contributed by atoms with E-state index < -0.39 is 0 Å². The van der Waals surface area contributed by atoms with Crippen LogP contribution in [0.25, 0.3) is 0 Å². The third kappa shape index (κ3) is 20.2. The minimum atomic E-state index is 0.0621. The predicted molar refractivity (Wildman–Crippen MR) is 153 cm³/mol. The van der Waals surface area contributed by atoms with E-state index in [1.165, 1.54) is 109 Å². The average molecular weight is 489 g/mol. The summed E-state index contributed by atoms with van der Waals surface area (Å²) in [6.45, 7) is 6.39. The highest BCUT2D eigenvalue weighted by molar-refractivity contribution is 5.80. The molecule has 1 aromatic carbocycles. The third-order valence-corrected chi connectivity index (χ3v) is 6.68. The molecule has 0 atom stereocenters. The summed E-state index contributed by atoms with van der Waals surface area (Å²) in [7, 11) is 0. The number of hydrogen-bond donors (Lipinski definition) is 2. The summed E-state index contributed by atoms with van der Waals surface area (Å²) in [5.41, 5.74) is 0.951. The maximum atomic E-state index is 12.1. The van der Waals surface area contributed by atoms with Gasteiger partial charge in [0.2, 0.25) is 5.91 Å². The smallest absolute Gasteiger partial charge is 0.239 e. The van der Waals surface area contributed by atoms with E-state index in [0.717, 1.165) is 37.4 Å². The van der Waals surface area contributed by atoms with Crippen molar-refractivity contribution in [3.05, 3.63) is 24.3 Å². The molecule has 0 radical (unpaired) electrons. The standard InChI is InChI=1S/C31H56N2O2/c1-3-5-7-9-10-11-12-13-14-15-16-17-18-20-26-32-31(34)28-33-29-22-24-30(25-23-29)35-27-21-19-8-6-4-2/h22-25,33H,3-21,26-28H2,1-2H3,(H,32,34). The molecule has 0 aliphatic carbocycles. The molecule has 4 heteroatoms. The molecular weight excluding hydrogens is 432 g/mol. The van der Waals surface area contributed by atoms with Crippen LogP contribution >= 0.6 is 0 Å². The van der Waals surface area contributed by atoms with E-state index in [2.05, 4.69) is 24.5 Å². The molecule has 0 saturated heterocycles. The summed E-state index contributed by atoms with van der Waals surface area (Å²) in [6.07, 6.45) is 25.2. The molecule has 35 heavy (non-hydrogen) atoms. The quantitative estimate of drug-likeness (QED) is 0.135. The number of anilines is 1. The molecule has 0 fully saturated rings. The Hall–Kier alpha value is -1.71. The van der Waals surface area contributed by atoms with Gasteiger partial charge in [-0.3, -0.25) is 4.79 Å². The number of rotatable bonds is 25. The normalized spacial score (nSPS) is 10.9. The second-order valence-corrected chi connectivity index (χ2v) is 10.1. The van der Waals surface area contributed by atoms with Crippen LogP contribution in [0.4, 0.5) is 5.69 Å². The summed E-state index contributed by atoms with van der Waals surface area (Å²) in [5, 5.41) is 6.23. The van der Waals surface area contributed by atoms with Gasteiger partial charge in [-0.2, -0.15) is 0 Å². The van der Waals surface area contributed by atoms with Gasteiger partial charge in [0.05, 0.1) is 13.2 Å². The maximum Gasteiger partial charge on any atom is 0.239 e. The topological polar surface area (TPSA) is 50.4 Å². The van der Waals surface area contributed by atoms with Crippen LogP contribution in [0.5, 0.6) is 5.75 Å². The van der Waals surface area contributed by atoms with Crippen LogP contribution in [-0.2, 0) is 4.79 Å². The van der Waals surface area contributed by atoms with Crippen molar-refractivity contribution in [3.63, 3.8) is 0 Å². The number of hydrogen-bond acceptors (Lipinski definition) is 3. The van der Waals surface area contributed by atoms with Crippen molar-refractivity contribution in [3.8, 4) is 5.75 Å². The third-order valence-electron chi connectivity index (χ3n) is 6.68. The molecule has 202 valence electrons. The lowest BCUT2D eigenvalue weighted by Crippen LogP contribution is -2.30. The monoisotopic (exact) mass is 488 g/mol. The van der Waals surface area contributed by atoms with Crippen molar-refractivity contribution in [2.24, 2.45) is 0 Å². The zero-order valence-electron chi connectivity index (χ0n) is 23.2. The number of amides is 1. The van der Waals surface area contributed by atoms with Gasteiger partial charge in [-0.15, -0.1) is 0 Å². The zero-order valence-corrected chi connectivity index (χ0v) is 23.2. The highest BCUT2D eigenvalue weighted by Gasteiger charge is 2.02. The summed E-state index contributed by atoms with van der Waals surface area (Å²) < 4.78 is 5.80. The number of unbranched alkanes of at least 4 members (excludes halogenated alkanes) is 17. The van der Waals surface area contributed by atoms with E-state index in [1.807, 2.05) is 24.3 Å². The van der Waals surface area contributed by atoms with E-state index in [1.54, 1.807) is 0 Å². The Morgan fingerprint density at radius 3 is 1.60 bits per heavy atom. The Kier molecular flexibility index (Phi) is 21.5. The minimum Gasteiger partial charge on any atom is -0.494 e. The van der Waals surface area contributed by atoms with E-state index in [9.17, 15) is 4.79 Å². The fourth-order valence-electron chi connectivity index (χ4n) is 4.36. The number of carbonyl (C=O) groups is 1. The molecule has 0 bridgehead atoms. The summed E-state index contributed by atoms with van der Waals surface area (Å²) in [4.78, 5) is 12.1. The first-order valence-corrected chi connectivity index (χ1v) is 15.0. The number of nitrogens with one attached hydrogen (secondary N) is 2. The van der Waals surface area contributed by atoms with Gasteiger partial charge in [0.15, 0.2) is 0 Å². The molecule has 1 rings (SSSR count). The first kappa shape index (κ1) is 31.3. The summed E-state index contributed by atoms with van der Waals surface area (Å²) >= 11 is 0. The molecular formula is C31H56N2O2. The number of ether oxygens (including phenoxy) is 1. The largest absolute Gasteiger partial charge is 0.494 e. The van der Waals surface area contributed by atoms with Gasteiger partial charge in [-0.05, 0) is 37.1 Å². The lowest BCUT2D eigenvalue weighted by molar-refractivity contribution is -0.119. The van der Waals surface area contributed by atoms with Crippen molar-refractivity contribution < 1.29 is 9.53 Å². The number of carbonyl (C=O) groups excluding carboxylic acids is 1. The average Bonchev–Trinajstić information content (AvgIpc) is 2.88. The van der Waals surface area contributed by atoms with Crippen LogP contribution in [-0.4, -0.2) is 25.6 Å². The van der Waals surface area contributed by atoms with Crippen LogP contribution in [0, 0.1) is 0 Å². The molecule has 0 aliphatic heterocycles. The molecule has 0 spiro atoms. The highest BCUT2D eigenvalue weighted by atomic mass is 16.5. The minimum absolute atomic E-state index is 0.0621. The molecule has 0 aromatic heterocycles. The molecule has 0 saturated carbocycles. The van der Waals surface area contributed by atoms with Gasteiger partial charge in [0, 0.05) is 12.2 Å². The van der Waals surface area contributed by atoms with Gasteiger partial charge in [-0.25, -0.2) is 0 Å². The Morgan fingerprint density at radius 1 is 0.629 bits per heavy atom. The maximum absolute atomic E-state index is 12.1. The second-order valence-electron chi connectivity index (χ2n) is 10.1. The van der Waals surface area contributed by atoms with Crippen LogP contribution in [0.3, 0.4) is 0 Å². The van der Waals surface area contributed by atoms with Crippen LogP contribution in [0.15, 0.2) is 24.3 Å². The van der Waals surface area contributed by atoms with Gasteiger partial charge < -0.3 is 15.4 Å². The van der Waals surface area contributed by atoms with Crippen LogP contribution in [0.1, 0.15) is 136 Å². The Balaban J connectivity index is 1.89. The lowest BCUT2D eigenvalue weighted by atomic mass is 10.0. The molecule has 1 aromatic rings. The number of benzene rings is 1. The SMILES string of the molecule is CCCCCCCCCCCCCCCCNC(=O)CNc1ccc(OCCCCCCC)cc1. The van der Waals surface area contributed by atoms with Crippen molar-refractivity contribution in [1.82, 2.24) is 5.32 Å². The predicted octanol–water partition coefficient (Wildman–Crippen LogP) is 9.05. The fourth-order valence-corrected chi connectivity index (χ4v) is 4.36. The van der Waals surface area contributed by atoms with E-state index in [-0.39, 0.29) is 5.91 Å². The molecule has 1 amide bonds. The van der Waals surface area contributed by atoms with Crippen LogP contribution < -0.4 is 15.4 Å². The van der Waals surface area contributed by atoms with E-state index in [0.29, 0.717) is 6.54 Å². The van der Waals surface area contributed by atoms with E-state index in [4.69, 9.17) is 4.74 Å². The molecule has 4 nitrogen and oxygen atoms in total. The van der Waals surface area contributed by atoms with Gasteiger partial charge in [0.1, 0.15) is 5.75 Å². The fraction of sp³-hybridized carbons (Fsp3) is 0.774.